The highest BCUT2D eigenvalue weighted by atomic mass is 15.0. The summed E-state index contributed by atoms with van der Waals surface area (Å²) >= 11 is 0. The fraction of sp³-hybridized carbons (Fsp3) is 0.450. The van der Waals surface area contributed by atoms with Gasteiger partial charge in [-0.15, -0.1) is 0 Å². The number of aryl methyl sites for hydroxylation is 1. The Kier molecular flexibility index (Phi) is 5.09. The third kappa shape index (κ3) is 3.62. The maximum absolute atomic E-state index is 4.27. The van der Waals surface area contributed by atoms with Crippen molar-refractivity contribution in [3.63, 3.8) is 0 Å². The van der Waals surface area contributed by atoms with Gasteiger partial charge in [0.05, 0.1) is 5.54 Å². The Labute approximate surface area is 139 Å². The molecule has 2 heterocycles. The van der Waals surface area contributed by atoms with Crippen molar-refractivity contribution in [2.45, 2.75) is 38.6 Å². The van der Waals surface area contributed by atoms with Crippen LogP contribution in [0, 0.1) is 6.92 Å². The SMILES string of the molecule is CCC1(CNCCc2cncc(C)c2)NCCc2ccccc21. The predicted molar refractivity (Wildman–Crippen MR) is 95.7 cm³/mol. The summed E-state index contributed by atoms with van der Waals surface area (Å²) in [6.45, 7) is 7.39. The van der Waals surface area contributed by atoms with E-state index in [0.29, 0.717) is 0 Å². The Bertz CT molecular complexity index is 653. The highest BCUT2D eigenvalue weighted by molar-refractivity contribution is 5.36. The van der Waals surface area contributed by atoms with Crippen molar-refractivity contribution in [1.82, 2.24) is 15.6 Å². The lowest BCUT2D eigenvalue weighted by Gasteiger charge is -2.40. The molecule has 1 aliphatic rings. The molecule has 1 atom stereocenters. The van der Waals surface area contributed by atoms with Crippen LogP contribution in [0.2, 0.25) is 0 Å². The second-order valence-electron chi connectivity index (χ2n) is 6.57. The number of nitrogens with one attached hydrogen (secondary N) is 2. The molecule has 1 aliphatic heterocycles. The number of rotatable bonds is 6. The van der Waals surface area contributed by atoms with E-state index in [1.54, 1.807) is 0 Å². The molecule has 0 saturated carbocycles. The van der Waals surface area contributed by atoms with Crippen LogP contribution >= 0.6 is 0 Å². The van der Waals surface area contributed by atoms with Crippen molar-refractivity contribution in [3.8, 4) is 0 Å². The summed E-state index contributed by atoms with van der Waals surface area (Å²) in [6, 6.07) is 11.1. The van der Waals surface area contributed by atoms with E-state index in [4.69, 9.17) is 0 Å². The lowest BCUT2D eigenvalue weighted by atomic mass is 9.80. The number of fused-ring (bicyclic) bond motifs is 1. The fourth-order valence-corrected chi connectivity index (χ4v) is 3.62. The summed E-state index contributed by atoms with van der Waals surface area (Å²) < 4.78 is 0. The third-order valence-electron chi connectivity index (χ3n) is 4.94. The van der Waals surface area contributed by atoms with Crippen molar-refractivity contribution in [1.29, 1.82) is 0 Å². The number of hydrogen-bond acceptors (Lipinski definition) is 3. The highest BCUT2D eigenvalue weighted by Crippen LogP contribution is 2.30. The van der Waals surface area contributed by atoms with Crippen LogP contribution in [0.1, 0.15) is 35.6 Å². The Morgan fingerprint density at radius 3 is 2.96 bits per heavy atom. The van der Waals surface area contributed by atoms with Gasteiger partial charge in [0.2, 0.25) is 0 Å². The Balaban J connectivity index is 1.62. The van der Waals surface area contributed by atoms with E-state index in [2.05, 4.69) is 59.8 Å². The lowest BCUT2D eigenvalue weighted by Crippen LogP contribution is -2.53. The lowest BCUT2D eigenvalue weighted by molar-refractivity contribution is 0.289. The largest absolute Gasteiger partial charge is 0.314 e. The van der Waals surface area contributed by atoms with Crippen molar-refractivity contribution < 1.29 is 0 Å². The molecular formula is C20H27N3. The first-order chi connectivity index (χ1) is 11.2. The minimum atomic E-state index is 0.0691. The van der Waals surface area contributed by atoms with Gasteiger partial charge in [-0.3, -0.25) is 4.98 Å². The van der Waals surface area contributed by atoms with Gasteiger partial charge in [-0.2, -0.15) is 0 Å². The first kappa shape index (κ1) is 16.2. The molecule has 2 aromatic rings. The van der Waals surface area contributed by atoms with Crippen LogP contribution in [0.5, 0.6) is 0 Å². The summed E-state index contributed by atoms with van der Waals surface area (Å²) in [6.07, 6.45) is 7.14. The molecule has 0 aliphatic carbocycles. The molecule has 23 heavy (non-hydrogen) atoms. The quantitative estimate of drug-likeness (QED) is 0.806. The van der Waals surface area contributed by atoms with Crippen LogP contribution in [0.4, 0.5) is 0 Å². The first-order valence-corrected chi connectivity index (χ1v) is 8.68. The smallest absolute Gasteiger partial charge is 0.0561 e. The van der Waals surface area contributed by atoms with Gasteiger partial charge in [0.1, 0.15) is 0 Å². The van der Waals surface area contributed by atoms with Gasteiger partial charge in [0.15, 0.2) is 0 Å². The maximum atomic E-state index is 4.27. The second-order valence-corrected chi connectivity index (χ2v) is 6.57. The van der Waals surface area contributed by atoms with E-state index >= 15 is 0 Å². The van der Waals surface area contributed by atoms with Gasteiger partial charge in [-0.1, -0.05) is 37.3 Å². The molecule has 3 rings (SSSR count). The van der Waals surface area contributed by atoms with Crippen LogP contribution in [0.3, 0.4) is 0 Å². The summed E-state index contributed by atoms with van der Waals surface area (Å²) in [5.74, 6) is 0. The van der Waals surface area contributed by atoms with E-state index in [9.17, 15) is 0 Å². The summed E-state index contributed by atoms with van der Waals surface area (Å²) in [5, 5.41) is 7.44. The molecule has 0 saturated heterocycles. The van der Waals surface area contributed by atoms with Crippen LogP contribution < -0.4 is 10.6 Å². The molecule has 3 nitrogen and oxygen atoms in total. The molecule has 1 aromatic heterocycles. The average molecular weight is 309 g/mol. The van der Waals surface area contributed by atoms with E-state index in [0.717, 1.165) is 38.9 Å². The Morgan fingerprint density at radius 2 is 2.13 bits per heavy atom. The topological polar surface area (TPSA) is 37.0 Å². The van der Waals surface area contributed by atoms with Gasteiger partial charge in [0.25, 0.3) is 0 Å². The molecule has 122 valence electrons. The minimum absolute atomic E-state index is 0.0691. The normalized spacial score (nSPS) is 20.3. The van der Waals surface area contributed by atoms with Crippen molar-refractivity contribution in [3.05, 3.63) is 65.0 Å². The number of pyridine rings is 1. The summed E-state index contributed by atoms with van der Waals surface area (Å²) in [4.78, 5) is 4.27. The zero-order valence-corrected chi connectivity index (χ0v) is 14.2. The Hall–Kier alpha value is -1.71. The number of aromatic nitrogens is 1. The van der Waals surface area contributed by atoms with Crippen LogP contribution in [-0.4, -0.2) is 24.6 Å². The fourth-order valence-electron chi connectivity index (χ4n) is 3.62. The average Bonchev–Trinajstić information content (AvgIpc) is 2.59. The van der Waals surface area contributed by atoms with Crippen molar-refractivity contribution in [2.24, 2.45) is 0 Å². The zero-order chi connectivity index (χ0) is 16.1. The molecule has 2 N–H and O–H groups in total. The maximum Gasteiger partial charge on any atom is 0.0561 e. The monoisotopic (exact) mass is 309 g/mol. The molecule has 0 bridgehead atoms. The first-order valence-electron chi connectivity index (χ1n) is 8.68. The zero-order valence-electron chi connectivity index (χ0n) is 14.2. The van der Waals surface area contributed by atoms with Crippen molar-refractivity contribution in [2.75, 3.05) is 19.6 Å². The van der Waals surface area contributed by atoms with E-state index in [-0.39, 0.29) is 5.54 Å². The number of benzene rings is 1. The predicted octanol–water partition coefficient (Wildman–Crippen LogP) is 2.97. The van der Waals surface area contributed by atoms with E-state index in [1.807, 2.05) is 12.4 Å². The molecule has 1 aromatic carbocycles. The van der Waals surface area contributed by atoms with Crippen molar-refractivity contribution >= 4 is 0 Å². The highest BCUT2D eigenvalue weighted by Gasteiger charge is 2.33. The van der Waals surface area contributed by atoms with Gasteiger partial charge in [-0.05, 0) is 55.0 Å². The van der Waals surface area contributed by atoms with Gasteiger partial charge in [-0.25, -0.2) is 0 Å². The number of nitrogens with zero attached hydrogens (tertiary/aromatic N) is 1. The molecule has 0 spiro atoms. The second kappa shape index (κ2) is 7.24. The van der Waals surface area contributed by atoms with Crippen LogP contribution in [0.25, 0.3) is 0 Å². The van der Waals surface area contributed by atoms with E-state index < -0.39 is 0 Å². The summed E-state index contributed by atoms with van der Waals surface area (Å²) in [7, 11) is 0. The molecular weight excluding hydrogens is 282 g/mol. The molecule has 0 amide bonds. The number of hydrogen-bond donors (Lipinski definition) is 2. The Morgan fingerprint density at radius 1 is 1.26 bits per heavy atom. The third-order valence-corrected chi connectivity index (χ3v) is 4.94. The van der Waals surface area contributed by atoms with Crippen LogP contribution in [-0.2, 0) is 18.4 Å². The molecule has 0 radical (unpaired) electrons. The molecule has 0 fully saturated rings. The standard InChI is InChI=1S/C20H27N3/c1-3-20(19-7-5-4-6-18(19)9-11-23-20)15-21-10-8-17-12-16(2)13-22-14-17/h4-7,12-14,21,23H,3,8-11,15H2,1-2H3. The van der Waals surface area contributed by atoms with Crippen LogP contribution in [0.15, 0.2) is 42.7 Å². The molecule has 1 unspecified atom stereocenters. The van der Waals surface area contributed by atoms with Gasteiger partial charge >= 0.3 is 0 Å². The minimum Gasteiger partial charge on any atom is -0.314 e. The van der Waals surface area contributed by atoms with E-state index in [1.165, 1.54) is 22.3 Å². The van der Waals surface area contributed by atoms with Gasteiger partial charge < -0.3 is 10.6 Å². The van der Waals surface area contributed by atoms with Gasteiger partial charge in [0, 0.05) is 25.5 Å². The summed E-state index contributed by atoms with van der Waals surface area (Å²) in [5.41, 5.74) is 5.58. The molecule has 3 heteroatoms.